The maximum atomic E-state index is 12.9. The van der Waals surface area contributed by atoms with Crippen LogP contribution in [0.4, 0.5) is 5.69 Å². The summed E-state index contributed by atoms with van der Waals surface area (Å²) in [7, 11) is 1.64. The summed E-state index contributed by atoms with van der Waals surface area (Å²) >= 11 is 1.37. The molecule has 1 heterocycles. The molecule has 4 aromatic rings. The number of carbonyl (C=O) groups excluding carboxylic acids is 1. The lowest BCUT2D eigenvalue weighted by molar-refractivity contribution is -0.115. The van der Waals surface area contributed by atoms with Crippen molar-refractivity contribution in [1.82, 2.24) is 14.8 Å². The van der Waals surface area contributed by atoms with Gasteiger partial charge in [0, 0.05) is 11.4 Å². The third kappa shape index (κ3) is 5.09. The van der Waals surface area contributed by atoms with Crippen molar-refractivity contribution in [2.45, 2.75) is 31.2 Å². The third-order valence-corrected chi connectivity index (χ3v) is 6.25. The second kappa shape index (κ2) is 9.92. The van der Waals surface area contributed by atoms with Crippen molar-refractivity contribution in [2.24, 2.45) is 0 Å². The van der Waals surface area contributed by atoms with E-state index in [2.05, 4.69) is 15.5 Å². The Labute approximate surface area is 198 Å². The van der Waals surface area contributed by atoms with E-state index in [0.29, 0.717) is 16.7 Å². The number of nitrogens with zero attached hydrogens (tertiary/aromatic N) is 3. The quantitative estimate of drug-likeness (QED) is 0.361. The number of carbonyl (C=O) groups is 1. The Morgan fingerprint density at radius 1 is 0.970 bits per heavy atom. The van der Waals surface area contributed by atoms with E-state index in [0.717, 1.165) is 28.1 Å². The summed E-state index contributed by atoms with van der Waals surface area (Å²) < 4.78 is 7.53. The van der Waals surface area contributed by atoms with Crippen molar-refractivity contribution in [2.75, 3.05) is 12.4 Å². The minimum absolute atomic E-state index is 0.0945. The first-order valence-electron chi connectivity index (χ1n) is 10.7. The topological polar surface area (TPSA) is 69.0 Å². The normalized spacial score (nSPS) is 11.8. The Kier molecular flexibility index (Phi) is 6.79. The van der Waals surface area contributed by atoms with Gasteiger partial charge >= 0.3 is 0 Å². The van der Waals surface area contributed by atoms with Crippen LogP contribution in [-0.4, -0.2) is 33.0 Å². The van der Waals surface area contributed by atoms with Gasteiger partial charge in [-0.2, -0.15) is 0 Å². The zero-order valence-electron chi connectivity index (χ0n) is 19.1. The van der Waals surface area contributed by atoms with E-state index in [1.807, 2.05) is 98.1 Å². The molecule has 1 aromatic heterocycles. The smallest absolute Gasteiger partial charge is 0.237 e. The largest absolute Gasteiger partial charge is 0.496 e. The molecule has 3 aromatic carbocycles. The molecule has 0 radical (unpaired) electrons. The maximum Gasteiger partial charge on any atom is 0.237 e. The van der Waals surface area contributed by atoms with E-state index in [4.69, 9.17) is 4.74 Å². The Bertz CT molecular complexity index is 1270. The molecule has 1 N–H and O–H groups in total. The summed E-state index contributed by atoms with van der Waals surface area (Å²) in [6.45, 7) is 5.91. The molecule has 0 saturated carbocycles. The van der Waals surface area contributed by atoms with Crippen molar-refractivity contribution in [1.29, 1.82) is 0 Å². The molecule has 168 valence electrons. The maximum absolute atomic E-state index is 12.9. The number of rotatable bonds is 7. The predicted molar refractivity (Wildman–Crippen MR) is 133 cm³/mol. The van der Waals surface area contributed by atoms with Gasteiger partial charge in [0.1, 0.15) is 5.75 Å². The van der Waals surface area contributed by atoms with Crippen molar-refractivity contribution < 1.29 is 9.53 Å². The second-order valence-electron chi connectivity index (χ2n) is 7.80. The number of amides is 1. The van der Waals surface area contributed by atoms with Crippen LogP contribution in [0.1, 0.15) is 18.1 Å². The zero-order valence-corrected chi connectivity index (χ0v) is 19.9. The molecule has 0 aliphatic rings. The first-order valence-corrected chi connectivity index (χ1v) is 11.5. The van der Waals surface area contributed by atoms with Crippen LogP contribution < -0.4 is 10.1 Å². The van der Waals surface area contributed by atoms with E-state index in [1.54, 1.807) is 7.11 Å². The number of para-hydroxylation sites is 1. The number of anilines is 1. The standard InChI is InChI=1S/C26H26N4O2S/c1-17-12-14-21(15-13-17)30-24(22-10-5-6-11-23(22)32-4)28-29-26(30)33-19(3)25(31)27-20-9-7-8-18(2)16-20/h5-16,19H,1-4H3,(H,27,31). The molecule has 4 rings (SSSR count). The number of aryl methyl sites for hydroxylation is 2. The van der Waals surface area contributed by atoms with Gasteiger partial charge in [-0.05, 0) is 62.7 Å². The monoisotopic (exact) mass is 458 g/mol. The van der Waals surface area contributed by atoms with Gasteiger partial charge in [-0.15, -0.1) is 10.2 Å². The Balaban J connectivity index is 1.68. The summed E-state index contributed by atoms with van der Waals surface area (Å²) in [6.07, 6.45) is 0. The van der Waals surface area contributed by atoms with Crippen LogP contribution in [0.3, 0.4) is 0 Å². The van der Waals surface area contributed by atoms with E-state index in [1.165, 1.54) is 11.8 Å². The Hall–Kier alpha value is -3.58. The van der Waals surface area contributed by atoms with Crippen LogP contribution in [0.25, 0.3) is 17.1 Å². The molecule has 0 spiro atoms. The minimum Gasteiger partial charge on any atom is -0.496 e. The van der Waals surface area contributed by atoms with Gasteiger partial charge in [-0.1, -0.05) is 53.7 Å². The summed E-state index contributed by atoms with van der Waals surface area (Å²) in [5, 5.41) is 12.2. The highest BCUT2D eigenvalue weighted by Gasteiger charge is 2.23. The SMILES string of the molecule is COc1ccccc1-c1nnc(SC(C)C(=O)Nc2cccc(C)c2)n1-c1ccc(C)cc1. The average molecular weight is 459 g/mol. The molecule has 1 atom stereocenters. The molecule has 0 aliphatic heterocycles. The van der Waals surface area contributed by atoms with Gasteiger partial charge in [0.25, 0.3) is 0 Å². The van der Waals surface area contributed by atoms with E-state index >= 15 is 0 Å². The number of benzene rings is 3. The van der Waals surface area contributed by atoms with Crippen LogP contribution >= 0.6 is 11.8 Å². The van der Waals surface area contributed by atoms with Gasteiger partial charge < -0.3 is 10.1 Å². The third-order valence-electron chi connectivity index (χ3n) is 5.21. The predicted octanol–water partition coefficient (Wildman–Crippen LogP) is 5.68. The number of hydrogen-bond acceptors (Lipinski definition) is 5. The molecule has 6 nitrogen and oxygen atoms in total. The molecule has 0 bridgehead atoms. The lowest BCUT2D eigenvalue weighted by Gasteiger charge is -2.15. The number of methoxy groups -OCH3 is 1. The fraction of sp³-hybridized carbons (Fsp3) is 0.192. The number of nitrogens with one attached hydrogen (secondary N) is 1. The van der Waals surface area contributed by atoms with Crippen LogP contribution in [0, 0.1) is 13.8 Å². The summed E-state index contributed by atoms with van der Waals surface area (Å²) in [4.78, 5) is 12.9. The van der Waals surface area contributed by atoms with E-state index in [9.17, 15) is 4.79 Å². The van der Waals surface area contributed by atoms with Crippen molar-refractivity contribution in [3.8, 4) is 22.8 Å². The molecule has 1 amide bonds. The van der Waals surface area contributed by atoms with Crippen LogP contribution in [0.2, 0.25) is 0 Å². The number of ether oxygens (including phenoxy) is 1. The molecule has 0 aliphatic carbocycles. The number of aromatic nitrogens is 3. The fourth-order valence-electron chi connectivity index (χ4n) is 3.46. The van der Waals surface area contributed by atoms with Crippen LogP contribution in [0.5, 0.6) is 5.75 Å². The molecule has 0 saturated heterocycles. The number of hydrogen-bond donors (Lipinski definition) is 1. The molecule has 1 unspecified atom stereocenters. The summed E-state index contributed by atoms with van der Waals surface area (Å²) in [5.74, 6) is 1.27. The highest BCUT2D eigenvalue weighted by Crippen LogP contribution is 2.34. The van der Waals surface area contributed by atoms with Gasteiger partial charge in [0.2, 0.25) is 5.91 Å². The first kappa shape index (κ1) is 22.6. The minimum atomic E-state index is -0.385. The van der Waals surface area contributed by atoms with Gasteiger partial charge in [-0.3, -0.25) is 9.36 Å². The highest BCUT2D eigenvalue weighted by atomic mass is 32.2. The van der Waals surface area contributed by atoms with Gasteiger partial charge in [0.15, 0.2) is 11.0 Å². The van der Waals surface area contributed by atoms with Crippen molar-refractivity contribution in [3.05, 3.63) is 83.9 Å². The molecular weight excluding hydrogens is 432 g/mol. The van der Waals surface area contributed by atoms with Gasteiger partial charge in [-0.25, -0.2) is 0 Å². The summed E-state index contributed by atoms with van der Waals surface area (Å²) in [6, 6.07) is 23.6. The highest BCUT2D eigenvalue weighted by molar-refractivity contribution is 8.00. The van der Waals surface area contributed by atoms with Crippen molar-refractivity contribution >= 4 is 23.4 Å². The molecule has 7 heteroatoms. The van der Waals surface area contributed by atoms with E-state index in [-0.39, 0.29) is 11.2 Å². The van der Waals surface area contributed by atoms with E-state index < -0.39 is 0 Å². The number of thioether (sulfide) groups is 1. The lowest BCUT2D eigenvalue weighted by Crippen LogP contribution is -2.23. The van der Waals surface area contributed by atoms with Crippen LogP contribution in [0.15, 0.2) is 78.0 Å². The molecule has 33 heavy (non-hydrogen) atoms. The summed E-state index contributed by atoms with van der Waals surface area (Å²) in [5.41, 5.74) is 4.78. The Morgan fingerprint density at radius 2 is 1.73 bits per heavy atom. The molecule has 0 fully saturated rings. The first-order chi connectivity index (χ1) is 16.0. The second-order valence-corrected chi connectivity index (χ2v) is 9.10. The Morgan fingerprint density at radius 3 is 2.45 bits per heavy atom. The zero-order chi connectivity index (χ0) is 23.4. The van der Waals surface area contributed by atoms with Crippen LogP contribution in [-0.2, 0) is 4.79 Å². The molecular formula is C26H26N4O2S. The van der Waals surface area contributed by atoms with Crippen molar-refractivity contribution in [3.63, 3.8) is 0 Å². The lowest BCUT2D eigenvalue weighted by atomic mass is 10.1. The fourth-order valence-corrected chi connectivity index (χ4v) is 4.32. The van der Waals surface area contributed by atoms with Gasteiger partial charge in [0.05, 0.1) is 17.9 Å². The average Bonchev–Trinajstić information content (AvgIpc) is 3.22.